The van der Waals surface area contributed by atoms with Gasteiger partial charge in [0, 0.05) is 5.02 Å². The molecule has 4 rings (SSSR count). The number of hydrogen-bond donors (Lipinski definition) is 0. The molecule has 0 radical (unpaired) electrons. The largest absolute Gasteiger partial charge is 0.496 e. The molecule has 5 nitrogen and oxygen atoms in total. The third-order valence-corrected chi connectivity index (χ3v) is 4.87. The molecule has 0 atom stereocenters. The molecule has 7 heteroatoms. The van der Waals surface area contributed by atoms with Crippen molar-refractivity contribution in [1.29, 1.82) is 0 Å². The van der Waals surface area contributed by atoms with Gasteiger partial charge in [-0.15, -0.1) is 5.10 Å². The summed E-state index contributed by atoms with van der Waals surface area (Å²) < 4.78 is 7.22. The Bertz CT molecular complexity index is 1180. The Kier molecular flexibility index (Phi) is 3.99. The minimum atomic E-state index is -0.200. The van der Waals surface area contributed by atoms with Gasteiger partial charge in [0.25, 0.3) is 5.56 Å². The summed E-state index contributed by atoms with van der Waals surface area (Å²) in [6.45, 7) is 0. The Hall–Kier alpha value is -2.70. The lowest BCUT2D eigenvalue weighted by atomic mass is 10.2. The summed E-state index contributed by atoms with van der Waals surface area (Å²) >= 11 is 7.28. The fraction of sp³-hybridized carbons (Fsp3) is 0.0556. The minimum absolute atomic E-state index is 0.200. The molecule has 0 aliphatic heterocycles. The van der Waals surface area contributed by atoms with E-state index >= 15 is 0 Å². The van der Waals surface area contributed by atoms with Gasteiger partial charge in [0.15, 0.2) is 5.82 Å². The molecular weight excluding hydrogens is 358 g/mol. The zero-order valence-electron chi connectivity index (χ0n) is 13.1. The smallest absolute Gasteiger partial charge is 0.291 e. The van der Waals surface area contributed by atoms with Crippen molar-refractivity contribution in [2.24, 2.45) is 0 Å². The van der Waals surface area contributed by atoms with E-state index < -0.39 is 0 Å². The molecule has 0 fully saturated rings. The minimum Gasteiger partial charge on any atom is -0.496 e. The van der Waals surface area contributed by atoms with Crippen molar-refractivity contribution < 1.29 is 4.74 Å². The monoisotopic (exact) mass is 369 g/mol. The quantitative estimate of drug-likeness (QED) is 0.557. The number of aromatic nitrogens is 3. The number of benzene rings is 2. The van der Waals surface area contributed by atoms with E-state index in [-0.39, 0.29) is 5.56 Å². The van der Waals surface area contributed by atoms with Crippen LogP contribution in [0, 0.1) is 0 Å². The molecule has 0 amide bonds. The van der Waals surface area contributed by atoms with Crippen molar-refractivity contribution in [2.45, 2.75) is 0 Å². The van der Waals surface area contributed by atoms with Gasteiger partial charge in [-0.2, -0.15) is 9.50 Å². The number of halogens is 1. The Balaban J connectivity index is 1.84. The Morgan fingerprint density at radius 2 is 2.04 bits per heavy atom. The van der Waals surface area contributed by atoms with Gasteiger partial charge in [-0.05, 0) is 35.9 Å². The molecule has 0 N–H and O–H groups in total. The van der Waals surface area contributed by atoms with E-state index in [1.165, 1.54) is 15.9 Å². The van der Waals surface area contributed by atoms with Crippen LogP contribution in [-0.4, -0.2) is 21.7 Å². The Morgan fingerprint density at radius 3 is 2.80 bits per heavy atom. The van der Waals surface area contributed by atoms with Crippen LogP contribution in [0.15, 0.2) is 53.3 Å². The van der Waals surface area contributed by atoms with Crippen LogP contribution in [0.2, 0.25) is 5.02 Å². The Morgan fingerprint density at radius 1 is 1.20 bits per heavy atom. The number of rotatable bonds is 3. The van der Waals surface area contributed by atoms with Crippen LogP contribution in [0.3, 0.4) is 0 Å². The van der Waals surface area contributed by atoms with Crippen molar-refractivity contribution in [2.75, 3.05) is 7.11 Å². The molecule has 0 aliphatic carbocycles. The van der Waals surface area contributed by atoms with Gasteiger partial charge in [0.2, 0.25) is 4.96 Å². The normalized spacial score (nSPS) is 12.0. The molecule has 2 aromatic carbocycles. The van der Waals surface area contributed by atoms with Crippen molar-refractivity contribution in [3.63, 3.8) is 0 Å². The molecule has 25 heavy (non-hydrogen) atoms. The zero-order valence-corrected chi connectivity index (χ0v) is 14.7. The van der Waals surface area contributed by atoms with Gasteiger partial charge in [-0.25, -0.2) is 0 Å². The highest BCUT2D eigenvalue weighted by atomic mass is 35.5. The fourth-order valence-electron chi connectivity index (χ4n) is 2.52. The van der Waals surface area contributed by atoms with Crippen LogP contribution in [0.4, 0.5) is 0 Å². The summed E-state index contributed by atoms with van der Waals surface area (Å²) in [4.78, 5) is 17.6. The van der Waals surface area contributed by atoms with Crippen molar-refractivity contribution >= 4 is 34.0 Å². The molecule has 2 aromatic heterocycles. The van der Waals surface area contributed by atoms with Crippen LogP contribution in [0.1, 0.15) is 5.56 Å². The molecule has 4 aromatic rings. The SMILES string of the molecule is COc1ccccc1-c1nc2s/c(=C/c3cccc(Cl)c3)c(=O)n2n1. The first-order chi connectivity index (χ1) is 12.2. The maximum atomic E-state index is 12.6. The molecular formula is C18H12ClN3O2S. The van der Waals surface area contributed by atoms with E-state index in [9.17, 15) is 4.79 Å². The molecule has 0 unspecified atom stereocenters. The van der Waals surface area contributed by atoms with Gasteiger partial charge >= 0.3 is 0 Å². The van der Waals surface area contributed by atoms with E-state index in [0.29, 0.717) is 26.1 Å². The highest BCUT2D eigenvalue weighted by molar-refractivity contribution is 7.15. The molecule has 0 aliphatic rings. The van der Waals surface area contributed by atoms with Crippen LogP contribution in [0.25, 0.3) is 22.4 Å². The van der Waals surface area contributed by atoms with E-state index in [1.54, 1.807) is 25.3 Å². The number of fused-ring (bicyclic) bond motifs is 1. The summed E-state index contributed by atoms with van der Waals surface area (Å²) in [6, 6.07) is 14.8. The average Bonchev–Trinajstić information content (AvgIpc) is 3.15. The molecule has 0 bridgehead atoms. The van der Waals surface area contributed by atoms with Crippen LogP contribution >= 0.6 is 22.9 Å². The molecule has 0 saturated heterocycles. The van der Waals surface area contributed by atoms with Gasteiger partial charge in [-0.1, -0.05) is 47.2 Å². The first-order valence-corrected chi connectivity index (χ1v) is 8.65. The highest BCUT2D eigenvalue weighted by Crippen LogP contribution is 2.27. The number of nitrogens with zero attached hydrogens (tertiary/aromatic N) is 3. The molecule has 2 heterocycles. The summed E-state index contributed by atoms with van der Waals surface area (Å²) in [5.41, 5.74) is 1.41. The first-order valence-electron chi connectivity index (χ1n) is 7.46. The summed E-state index contributed by atoms with van der Waals surface area (Å²) in [5.74, 6) is 1.13. The zero-order chi connectivity index (χ0) is 17.4. The lowest BCUT2D eigenvalue weighted by Crippen LogP contribution is -2.23. The van der Waals surface area contributed by atoms with E-state index in [0.717, 1.165) is 11.1 Å². The second-order valence-electron chi connectivity index (χ2n) is 5.30. The van der Waals surface area contributed by atoms with Crippen LogP contribution in [-0.2, 0) is 0 Å². The van der Waals surface area contributed by atoms with E-state index in [1.807, 2.05) is 36.4 Å². The van der Waals surface area contributed by atoms with E-state index in [2.05, 4.69) is 10.1 Å². The molecule has 124 valence electrons. The summed E-state index contributed by atoms with van der Waals surface area (Å²) in [6.07, 6.45) is 1.79. The lowest BCUT2D eigenvalue weighted by molar-refractivity contribution is 0.416. The van der Waals surface area contributed by atoms with Crippen LogP contribution < -0.4 is 14.8 Å². The average molecular weight is 370 g/mol. The fourth-order valence-corrected chi connectivity index (χ4v) is 3.63. The lowest BCUT2D eigenvalue weighted by Gasteiger charge is -2.03. The summed E-state index contributed by atoms with van der Waals surface area (Å²) in [5, 5.41) is 4.97. The van der Waals surface area contributed by atoms with Crippen molar-refractivity contribution in [1.82, 2.24) is 14.6 Å². The first kappa shape index (κ1) is 15.8. The van der Waals surface area contributed by atoms with Crippen molar-refractivity contribution in [3.8, 4) is 17.1 Å². The van der Waals surface area contributed by atoms with Gasteiger partial charge in [0.1, 0.15) is 5.75 Å². The summed E-state index contributed by atoms with van der Waals surface area (Å²) in [7, 11) is 1.59. The number of ether oxygens (including phenoxy) is 1. The third-order valence-electron chi connectivity index (χ3n) is 3.68. The number of hydrogen-bond acceptors (Lipinski definition) is 5. The molecule has 0 spiro atoms. The van der Waals surface area contributed by atoms with Crippen LogP contribution in [0.5, 0.6) is 5.75 Å². The second-order valence-corrected chi connectivity index (χ2v) is 6.75. The standard InChI is InChI=1S/C18H12ClN3O2S/c1-24-14-8-3-2-7-13(14)16-20-18-22(21-16)17(23)15(25-18)10-11-5-4-6-12(19)9-11/h2-10H,1H3/b15-10+. The number of thiazole rings is 1. The van der Waals surface area contributed by atoms with Gasteiger partial charge in [-0.3, -0.25) is 4.79 Å². The van der Waals surface area contributed by atoms with E-state index in [4.69, 9.17) is 16.3 Å². The maximum absolute atomic E-state index is 12.6. The number of methoxy groups -OCH3 is 1. The second kappa shape index (κ2) is 6.31. The third kappa shape index (κ3) is 2.90. The predicted octanol–water partition coefficient (Wildman–Crippen LogP) is 3.03. The molecule has 0 saturated carbocycles. The highest BCUT2D eigenvalue weighted by Gasteiger charge is 2.14. The maximum Gasteiger partial charge on any atom is 0.291 e. The van der Waals surface area contributed by atoms with Crippen molar-refractivity contribution in [3.05, 3.63) is 74.0 Å². The predicted molar refractivity (Wildman–Crippen MR) is 99.4 cm³/mol. The van der Waals surface area contributed by atoms with Gasteiger partial charge in [0.05, 0.1) is 17.2 Å². The number of para-hydroxylation sites is 1. The van der Waals surface area contributed by atoms with Gasteiger partial charge < -0.3 is 4.74 Å². The Labute approximate surface area is 151 Å². The topological polar surface area (TPSA) is 56.5 Å².